The Bertz CT molecular complexity index is 1050. The Labute approximate surface area is 178 Å². The van der Waals surface area contributed by atoms with Crippen molar-refractivity contribution in [1.82, 2.24) is 5.32 Å². The monoisotopic (exact) mass is 425 g/mol. The minimum Gasteiger partial charge on any atom is -0.464 e. The molecule has 8 heteroatoms. The fourth-order valence-corrected chi connectivity index (χ4v) is 4.07. The van der Waals surface area contributed by atoms with E-state index in [0.717, 1.165) is 10.8 Å². The number of furan rings is 1. The molecule has 31 heavy (non-hydrogen) atoms. The zero-order valence-electron chi connectivity index (χ0n) is 16.8. The Morgan fingerprint density at radius 3 is 2.74 bits per heavy atom. The third-order valence-electron chi connectivity index (χ3n) is 5.50. The van der Waals surface area contributed by atoms with Gasteiger partial charge >= 0.3 is 0 Å². The average Bonchev–Trinajstić information content (AvgIpc) is 3.31. The second-order valence-electron chi connectivity index (χ2n) is 7.64. The van der Waals surface area contributed by atoms with Crippen LogP contribution in [0.25, 0.3) is 10.8 Å². The molecule has 0 saturated carbocycles. The number of hydrogen-bond donors (Lipinski definition) is 2. The largest absolute Gasteiger partial charge is 0.464 e. The number of hydrogen-bond acceptors (Lipinski definition) is 7. The predicted molar refractivity (Wildman–Crippen MR) is 109 cm³/mol. The number of fused-ring (bicyclic) bond motifs is 2. The lowest BCUT2D eigenvalue weighted by Gasteiger charge is -2.47. The minimum absolute atomic E-state index is 0.176. The van der Waals surface area contributed by atoms with Crippen LogP contribution in [0.1, 0.15) is 19.0 Å². The molecule has 1 amide bonds. The van der Waals surface area contributed by atoms with Crippen molar-refractivity contribution in [3.8, 4) is 5.75 Å². The molecule has 0 spiro atoms. The van der Waals surface area contributed by atoms with Crippen molar-refractivity contribution in [2.24, 2.45) is 0 Å². The van der Waals surface area contributed by atoms with Gasteiger partial charge in [-0.1, -0.05) is 36.4 Å². The molecule has 2 N–H and O–H groups in total. The number of rotatable bonds is 4. The van der Waals surface area contributed by atoms with Gasteiger partial charge in [-0.15, -0.1) is 0 Å². The van der Waals surface area contributed by atoms with E-state index in [1.165, 1.54) is 13.2 Å². The summed E-state index contributed by atoms with van der Waals surface area (Å²) in [5.74, 6) is 0.776. The molecule has 2 fully saturated rings. The van der Waals surface area contributed by atoms with Crippen molar-refractivity contribution in [2.45, 2.75) is 43.9 Å². The van der Waals surface area contributed by atoms with E-state index in [1.807, 2.05) is 42.5 Å². The maximum Gasteiger partial charge on any atom is 0.223 e. The molecule has 1 aromatic heterocycles. The summed E-state index contributed by atoms with van der Waals surface area (Å²) in [6, 6.07) is 16.1. The molecule has 3 aromatic rings. The minimum atomic E-state index is -1.08. The summed E-state index contributed by atoms with van der Waals surface area (Å²) in [6.45, 7) is 1.56. The van der Waals surface area contributed by atoms with Crippen LogP contribution >= 0.6 is 0 Å². The van der Waals surface area contributed by atoms with E-state index in [4.69, 9.17) is 23.4 Å². The van der Waals surface area contributed by atoms with Gasteiger partial charge in [-0.3, -0.25) is 4.79 Å². The van der Waals surface area contributed by atoms with Crippen LogP contribution in [0.15, 0.2) is 65.3 Å². The molecule has 0 aliphatic carbocycles. The van der Waals surface area contributed by atoms with Gasteiger partial charge in [0.2, 0.25) is 18.5 Å². The number of nitrogens with one attached hydrogen (secondary N) is 1. The van der Waals surface area contributed by atoms with Gasteiger partial charge in [0, 0.05) is 12.3 Å². The van der Waals surface area contributed by atoms with Crippen LogP contribution in [0.4, 0.5) is 0 Å². The molecule has 2 saturated heterocycles. The highest BCUT2D eigenvalue weighted by molar-refractivity contribution is 5.88. The second kappa shape index (κ2) is 8.32. The van der Waals surface area contributed by atoms with Crippen LogP contribution in [0.2, 0.25) is 0 Å². The van der Waals surface area contributed by atoms with Gasteiger partial charge in [0.15, 0.2) is 5.76 Å². The highest BCUT2D eigenvalue weighted by Gasteiger charge is 2.51. The first-order valence-corrected chi connectivity index (χ1v) is 10.2. The molecule has 2 aromatic carbocycles. The van der Waals surface area contributed by atoms with Crippen molar-refractivity contribution < 1.29 is 33.3 Å². The van der Waals surface area contributed by atoms with E-state index in [9.17, 15) is 9.90 Å². The molecule has 5 rings (SSSR count). The van der Waals surface area contributed by atoms with Gasteiger partial charge in [-0.05, 0) is 23.6 Å². The topological polar surface area (TPSA) is 99.4 Å². The molecule has 3 heterocycles. The average molecular weight is 425 g/mol. The first-order valence-electron chi connectivity index (χ1n) is 10.2. The lowest BCUT2D eigenvalue weighted by atomic mass is 9.95. The number of ether oxygens (including phenoxy) is 4. The maximum atomic E-state index is 11.9. The third-order valence-corrected chi connectivity index (χ3v) is 5.50. The summed E-state index contributed by atoms with van der Waals surface area (Å²) < 4.78 is 29.3. The lowest BCUT2D eigenvalue weighted by molar-refractivity contribution is -0.336. The SMILES string of the molecule is CC(=O)N[C@@H]1[C@@H](Oc2cccc3ccccc23)O[C@@H]2CO[C@H](c3ccco3)O[C@@H]2[C@H]1O. The van der Waals surface area contributed by atoms with Gasteiger partial charge < -0.3 is 33.8 Å². The Balaban J connectivity index is 1.41. The standard InChI is InChI=1S/C23H23NO7/c1-13(25)24-19-20(26)21-18(12-28-22(31-21)17-10-5-11-27-17)30-23(19)29-16-9-4-7-14-6-2-3-8-15(14)16/h2-11,18-23,26H,12H2,1H3,(H,24,25)/t18-,19+,20+,21+,22+,23+/m1/s1. The summed E-state index contributed by atoms with van der Waals surface area (Å²) in [5.41, 5.74) is 0. The molecule has 0 radical (unpaired) electrons. The molecule has 8 nitrogen and oxygen atoms in total. The third kappa shape index (κ3) is 3.90. The summed E-state index contributed by atoms with van der Waals surface area (Å²) in [4.78, 5) is 11.9. The van der Waals surface area contributed by atoms with Gasteiger partial charge in [0.1, 0.15) is 30.1 Å². The van der Waals surface area contributed by atoms with E-state index >= 15 is 0 Å². The number of carbonyl (C=O) groups is 1. The molecule has 0 bridgehead atoms. The Morgan fingerprint density at radius 1 is 1.10 bits per heavy atom. The molecule has 2 aliphatic rings. The Morgan fingerprint density at radius 2 is 1.94 bits per heavy atom. The highest BCUT2D eigenvalue weighted by Crippen LogP contribution is 2.36. The fraction of sp³-hybridized carbons (Fsp3) is 0.348. The zero-order chi connectivity index (χ0) is 21.4. The number of aliphatic hydroxyl groups excluding tert-OH is 1. The predicted octanol–water partition coefficient (Wildman–Crippen LogP) is 2.52. The van der Waals surface area contributed by atoms with Gasteiger partial charge in [0.05, 0.1) is 12.9 Å². The maximum absolute atomic E-state index is 11.9. The van der Waals surface area contributed by atoms with E-state index in [1.54, 1.807) is 12.1 Å². The van der Waals surface area contributed by atoms with Crippen LogP contribution in [0.3, 0.4) is 0 Å². The van der Waals surface area contributed by atoms with Crippen LogP contribution in [-0.2, 0) is 19.0 Å². The first-order chi connectivity index (χ1) is 15.1. The number of aliphatic hydroxyl groups is 1. The number of amides is 1. The van der Waals surface area contributed by atoms with Crippen LogP contribution in [0, 0.1) is 0 Å². The summed E-state index contributed by atoms with van der Waals surface area (Å²) in [5, 5.41) is 15.8. The molecular weight excluding hydrogens is 402 g/mol. The fourth-order valence-electron chi connectivity index (χ4n) is 4.07. The normalized spacial score (nSPS) is 30.5. The zero-order valence-corrected chi connectivity index (χ0v) is 16.8. The quantitative estimate of drug-likeness (QED) is 0.663. The molecule has 6 atom stereocenters. The van der Waals surface area contributed by atoms with Crippen molar-refractivity contribution in [3.05, 3.63) is 66.6 Å². The summed E-state index contributed by atoms with van der Waals surface area (Å²) in [7, 11) is 0. The summed E-state index contributed by atoms with van der Waals surface area (Å²) in [6.07, 6.45) is -2.56. The van der Waals surface area contributed by atoms with E-state index in [-0.39, 0.29) is 12.5 Å². The van der Waals surface area contributed by atoms with Gasteiger partial charge in [-0.2, -0.15) is 0 Å². The van der Waals surface area contributed by atoms with E-state index < -0.39 is 36.9 Å². The Kier molecular flexibility index (Phi) is 5.37. The molecule has 0 unspecified atom stereocenters. The van der Waals surface area contributed by atoms with Crippen molar-refractivity contribution >= 4 is 16.7 Å². The smallest absolute Gasteiger partial charge is 0.223 e. The van der Waals surface area contributed by atoms with Crippen LogP contribution < -0.4 is 10.1 Å². The highest BCUT2D eigenvalue weighted by atomic mass is 16.8. The van der Waals surface area contributed by atoms with Gasteiger partial charge in [0.25, 0.3) is 0 Å². The van der Waals surface area contributed by atoms with Gasteiger partial charge in [-0.25, -0.2) is 0 Å². The van der Waals surface area contributed by atoms with Crippen molar-refractivity contribution in [2.75, 3.05) is 6.61 Å². The first kappa shape index (κ1) is 20.0. The molecule has 162 valence electrons. The number of carbonyl (C=O) groups excluding carboxylic acids is 1. The lowest BCUT2D eigenvalue weighted by Crippen LogP contribution is -2.67. The van der Waals surface area contributed by atoms with E-state index in [2.05, 4.69) is 5.32 Å². The van der Waals surface area contributed by atoms with Crippen molar-refractivity contribution in [1.29, 1.82) is 0 Å². The Hall–Kier alpha value is -2.91. The van der Waals surface area contributed by atoms with Crippen LogP contribution in [-0.4, -0.2) is 48.3 Å². The summed E-state index contributed by atoms with van der Waals surface area (Å²) >= 11 is 0. The molecular formula is C23H23NO7. The number of benzene rings is 2. The van der Waals surface area contributed by atoms with E-state index in [0.29, 0.717) is 11.5 Å². The van der Waals surface area contributed by atoms with Crippen LogP contribution in [0.5, 0.6) is 5.75 Å². The molecule has 2 aliphatic heterocycles. The van der Waals surface area contributed by atoms with Crippen molar-refractivity contribution in [3.63, 3.8) is 0 Å². The second-order valence-corrected chi connectivity index (χ2v) is 7.64.